The normalized spacial score (nSPS) is 22.3. The number of imide groups is 1. The van der Waals surface area contributed by atoms with Gasteiger partial charge in [0.15, 0.2) is 6.10 Å². The molecule has 0 aromatic heterocycles. The van der Waals surface area contributed by atoms with Crippen molar-refractivity contribution in [3.63, 3.8) is 0 Å². The van der Waals surface area contributed by atoms with E-state index in [1.807, 2.05) is 6.07 Å². The first kappa shape index (κ1) is 19.8. The summed E-state index contributed by atoms with van der Waals surface area (Å²) in [6.07, 6.45) is -1.08. The lowest BCUT2D eigenvalue weighted by atomic mass is 9.90. The highest BCUT2D eigenvalue weighted by Crippen LogP contribution is 2.47. The molecule has 0 unspecified atom stereocenters. The van der Waals surface area contributed by atoms with Crippen LogP contribution in [0.25, 0.3) is 0 Å². The first-order valence-electron chi connectivity index (χ1n) is 9.84. The van der Waals surface area contributed by atoms with Gasteiger partial charge in [-0.15, -0.1) is 0 Å². The number of carbonyl (C=O) groups is 2. The van der Waals surface area contributed by atoms with Gasteiger partial charge in [-0.05, 0) is 42.0 Å². The second kappa shape index (κ2) is 7.54. The van der Waals surface area contributed by atoms with Crippen LogP contribution in [0, 0.1) is 21.8 Å². The lowest BCUT2D eigenvalue weighted by Crippen LogP contribution is -2.37. The summed E-state index contributed by atoms with van der Waals surface area (Å²) >= 11 is 0. The smallest absolute Gasteiger partial charge is 0.269 e. The standard InChI is InChI=1S/C23H16FN3O5/c24-15-8-12-16(13-9-15)25-22(28)19-20(14-6-10-18(11-7-14)27(30)31)26(32-21(19)23(25)29)17-4-2-1-3-5-17/h1-13,19-21H/t19-,20-,21+/m0/s1. The maximum absolute atomic E-state index is 13.4. The summed E-state index contributed by atoms with van der Waals surface area (Å²) in [5.41, 5.74) is 1.40. The van der Waals surface area contributed by atoms with Crippen LogP contribution in [0.1, 0.15) is 11.6 Å². The van der Waals surface area contributed by atoms with Gasteiger partial charge in [-0.2, -0.15) is 0 Å². The van der Waals surface area contributed by atoms with E-state index in [4.69, 9.17) is 4.84 Å². The molecule has 0 spiro atoms. The molecule has 3 atom stereocenters. The molecule has 0 radical (unpaired) electrons. The molecule has 0 bridgehead atoms. The van der Waals surface area contributed by atoms with Crippen LogP contribution in [0.15, 0.2) is 78.9 Å². The molecule has 9 heteroatoms. The van der Waals surface area contributed by atoms with Crippen LogP contribution in [-0.2, 0) is 14.4 Å². The topological polar surface area (TPSA) is 93.0 Å². The summed E-state index contributed by atoms with van der Waals surface area (Å²) in [4.78, 5) is 44.1. The van der Waals surface area contributed by atoms with Gasteiger partial charge in [-0.1, -0.05) is 30.3 Å². The minimum Gasteiger partial charge on any atom is -0.273 e. The summed E-state index contributed by atoms with van der Waals surface area (Å²) in [5.74, 6) is -2.39. The van der Waals surface area contributed by atoms with Crippen molar-refractivity contribution in [1.82, 2.24) is 0 Å². The third kappa shape index (κ3) is 3.10. The fraction of sp³-hybridized carbons (Fsp3) is 0.130. The highest BCUT2D eigenvalue weighted by atomic mass is 19.1. The maximum Gasteiger partial charge on any atom is 0.269 e. The van der Waals surface area contributed by atoms with Crippen LogP contribution >= 0.6 is 0 Å². The Kier molecular flexibility index (Phi) is 4.67. The predicted molar refractivity (Wildman–Crippen MR) is 112 cm³/mol. The molecular formula is C23H16FN3O5. The third-order valence-electron chi connectivity index (χ3n) is 5.66. The molecule has 5 rings (SSSR count). The monoisotopic (exact) mass is 433 g/mol. The van der Waals surface area contributed by atoms with Crippen molar-refractivity contribution in [2.45, 2.75) is 12.1 Å². The Morgan fingerprint density at radius 2 is 1.50 bits per heavy atom. The molecule has 2 saturated heterocycles. The molecule has 160 valence electrons. The molecule has 2 fully saturated rings. The number of carbonyl (C=O) groups excluding carboxylic acids is 2. The Bertz CT molecular complexity index is 1200. The number of anilines is 2. The lowest BCUT2D eigenvalue weighted by Gasteiger charge is -2.28. The second-order valence-electron chi connectivity index (χ2n) is 7.49. The molecule has 3 aromatic carbocycles. The van der Waals surface area contributed by atoms with E-state index in [2.05, 4.69) is 0 Å². The van der Waals surface area contributed by atoms with Crippen LogP contribution in [0.5, 0.6) is 0 Å². The summed E-state index contributed by atoms with van der Waals surface area (Å²) in [6.45, 7) is 0. The number of hydroxylamine groups is 1. The minimum absolute atomic E-state index is 0.0859. The molecule has 2 aliphatic heterocycles. The summed E-state index contributed by atoms with van der Waals surface area (Å²) < 4.78 is 13.3. The van der Waals surface area contributed by atoms with Crippen molar-refractivity contribution in [3.8, 4) is 0 Å². The van der Waals surface area contributed by atoms with Gasteiger partial charge in [-0.25, -0.2) is 14.4 Å². The van der Waals surface area contributed by atoms with Gasteiger partial charge in [0.25, 0.3) is 11.6 Å². The van der Waals surface area contributed by atoms with Crippen LogP contribution in [0.3, 0.4) is 0 Å². The average Bonchev–Trinajstić information content (AvgIpc) is 3.31. The van der Waals surface area contributed by atoms with Gasteiger partial charge in [0.2, 0.25) is 5.91 Å². The first-order chi connectivity index (χ1) is 15.5. The van der Waals surface area contributed by atoms with Crippen LogP contribution in [0.4, 0.5) is 21.5 Å². The Morgan fingerprint density at radius 3 is 2.12 bits per heavy atom. The van der Waals surface area contributed by atoms with E-state index < -0.39 is 40.6 Å². The van der Waals surface area contributed by atoms with Crippen molar-refractivity contribution in [3.05, 3.63) is 100 Å². The molecular weight excluding hydrogens is 417 g/mol. The van der Waals surface area contributed by atoms with Gasteiger partial charge in [0.05, 0.1) is 22.3 Å². The minimum atomic E-state index is -1.08. The van der Waals surface area contributed by atoms with E-state index >= 15 is 0 Å². The van der Waals surface area contributed by atoms with E-state index in [0.717, 1.165) is 4.90 Å². The molecule has 32 heavy (non-hydrogen) atoms. The van der Waals surface area contributed by atoms with E-state index in [0.29, 0.717) is 11.3 Å². The Hall–Kier alpha value is -4.11. The van der Waals surface area contributed by atoms with Crippen molar-refractivity contribution >= 4 is 28.9 Å². The number of nitro benzene ring substituents is 1. The number of halogens is 1. The van der Waals surface area contributed by atoms with Gasteiger partial charge in [-0.3, -0.25) is 24.5 Å². The van der Waals surface area contributed by atoms with E-state index in [-0.39, 0.29) is 11.4 Å². The predicted octanol–water partition coefficient (Wildman–Crippen LogP) is 3.79. The zero-order valence-corrected chi connectivity index (χ0v) is 16.5. The zero-order valence-electron chi connectivity index (χ0n) is 16.5. The van der Waals surface area contributed by atoms with Crippen molar-refractivity contribution < 1.29 is 23.7 Å². The SMILES string of the molecule is O=C1[C@@H]2[C@@H](ON(c3ccccc3)[C@H]2c2ccc([N+](=O)[O-])cc2)C(=O)N1c1ccc(F)cc1. The number of benzene rings is 3. The van der Waals surface area contributed by atoms with Crippen molar-refractivity contribution in [2.24, 2.45) is 5.92 Å². The average molecular weight is 433 g/mol. The van der Waals surface area contributed by atoms with Gasteiger partial charge >= 0.3 is 0 Å². The molecule has 3 aromatic rings. The zero-order chi connectivity index (χ0) is 22.4. The molecule has 8 nitrogen and oxygen atoms in total. The maximum atomic E-state index is 13.4. The number of para-hydroxylation sites is 1. The number of rotatable bonds is 4. The van der Waals surface area contributed by atoms with E-state index in [1.165, 1.54) is 41.5 Å². The number of fused-ring (bicyclic) bond motifs is 1. The van der Waals surface area contributed by atoms with Gasteiger partial charge in [0, 0.05) is 12.1 Å². The number of nitro groups is 1. The third-order valence-corrected chi connectivity index (χ3v) is 5.66. The first-order valence-corrected chi connectivity index (χ1v) is 9.84. The molecule has 2 aliphatic rings. The summed E-state index contributed by atoms with van der Waals surface area (Å²) in [7, 11) is 0. The number of hydrogen-bond acceptors (Lipinski definition) is 6. The summed E-state index contributed by atoms with van der Waals surface area (Å²) in [6, 6.07) is 19.2. The number of non-ortho nitro benzene ring substituents is 1. The highest BCUT2D eigenvalue weighted by Gasteiger charge is 2.60. The molecule has 0 saturated carbocycles. The molecule has 0 N–H and O–H groups in total. The second-order valence-corrected chi connectivity index (χ2v) is 7.49. The van der Waals surface area contributed by atoms with Crippen LogP contribution in [0.2, 0.25) is 0 Å². The number of amides is 2. The number of nitrogens with zero attached hydrogens (tertiary/aromatic N) is 3. The van der Waals surface area contributed by atoms with Crippen molar-refractivity contribution in [1.29, 1.82) is 0 Å². The Labute approximate surface area is 181 Å². The fourth-order valence-electron chi connectivity index (χ4n) is 4.19. The lowest BCUT2D eigenvalue weighted by molar-refractivity contribution is -0.384. The van der Waals surface area contributed by atoms with E-state index in [1.54, 1.807) is 36.4 Å². The molecule has 0 aliphatic carbocycles. The Morgan fingerprint density at radius 1 is 0.844 bits per heavy atom. The molecule has 2 amide bonds. The van der Waals surface area contributed by atoms with Crippen LogP contribution < -0.4 is 9.96 Å². The number of hydrogen-bond donors (Lipinski definition) is 0. The Balaban J connectivity index is 1.57. The largest absolute Gasteiger partial charge is 0.273 e. The van der Waals surface area contributed by atoms with E-state index in [9.17, 15) is 24.1 Å². The summed E-state index contributed by atoms with van der Waals surface area (Å²) in [5, 5.41) is 12.6. The van der Waals surface area contributed by atoms with Gasteiger partial charge in [0.1, 0.15) is 11.7 Å². The van der Waals surface area contributed by atoms with Gasteiger partial charge < -0.3 is 0 Å². The molecule has 2 heterocycles. The highest BCUT2D eigenvalue weighted by molar-refractivity contribution is 6.23. The fourth-order valence-corrected chi connectivity index (χ4v) is 4.19. The van der Waals surface area contributed by atoms with Crippen molar-refractivity contribution in [2.75, 3.05) is 9.96 Å². The van der Waals surface area contributed by atoms with Crippen LogP contribution in [-0.4, -0.2) is 22.8 Å². The quantitative estimate of drug-likeness (QED) is 0.353.